The quantitative estimate of drug-likeness (QED) is 0.0344. The summed E-state index contributed by atoms with van der Waals surface area (Å²) >= 11 is 0. The van der Waals surface area contributed by atoms with E-state index in [0.717, 1.165) is 45.0 Å². The van der Waals surface area contributed by atoms with Gasteiger partial charge < -0.3 is 10.2 Å². The number of unbranched alkanes of at least 4 members (excludes halogenated alkanes) is 18. The van der Waals surface area contributed by atoms with Crippen LogP contribution in [0.5, 0.6) is 0 Å². The predicted octanol–water partition coefficient (Wildman–Crippen LogP) is 10.5. The second kappa shape index (κ2) is 31.5. The number of hydrazine groups is 1. The van der Waals surface area contributed by atoms with Gasteiger partial charge in [0.2, 0.25) is 0 Å². The van der Waals surface area contributed by atoms with Gasteiger partial charge in [-0.1, -0.05) is 155 Å². The molecule has 5 nitrogen and oxygen atoms in total. The van der Waals surface area contributed by atoms with Crippen LogP contribution in [0.3, 0.4) is 0 Å². The third-order valence-electron chi connectivity index (χ3n) is 9.54. The fourth-order valence-electron chi connectivity index (χ4n) is 6.47. The summed E-state index contributed by atoms with van der Waals surface area (Å²) in [6.07, 6.45) is 31.0. The molecule has 0 aliphatic rings. The minimum atomic E-state index is 0.772. The largest absolute Gasteiger partial charge is 0.317 e. The van der Waals surface area contributed by atoms with E-state index in [2.05, 4.69) is 67.1 Å². The Kier molecular flexibility index (Phi) is 29.3. The third-order valence-corrected chi connectivity index (χ3v) is 9.54. The van der Waals surface area contributed by atoms with Crippen LogP contribution in [0.1, 0.15) is 168 Å². The average Bonchev–Trinajstić information content (AvgIpc) is 3.05. The molecule has 0 heterocycles. The first-order chi connectivity index (χ1) is 22.1. The molecule has 1 rings (SSSR count). The van der Waals surface area contributed by atoms with E-state index in [4.69, 9.17) is 5.84 Å². The number of hydrogen-bond donors (Lipinski definition) is 2. The lowest BCUT2D eigenvalue weighted by atomic mass is 10.0. The summed E-state index contributed by atoms with van der Waals surface area (Å²) in [4.78, 5) is 5.20. The molecular weight excluding hydrogens is 550 g/mol. The molecule has 0 radical (unpaired) electrons. The molecule has 5 heteroatoms. The summed E-state index contributed by atoms with van der Waals surface area (Å²) < 4.78 is 0. The monoisotopic (exact) mass is 630 g/mol. The molecule has 0 fully saturated rings. The van der Waals surface area contributed by atoms with Crippen molar-refractivity contribution in [1.29, 1.82) is 0 Å². The van der Waals surface area contributed by atoms with Crippen molar-refractivity contribution in [3.05, 3.63) is 29.8 Å². The maximum Gasteiger partial charge on any atom is 0.0861 e. The summed E-state index contributed by atoms with van der Waals surface area (Å²) in [6, 6.07) is 8.38. The molecule has 0 amide bonds. The van der Waals surface area contributed by atoms with Gasteiger partial charge in [-0.2, -0.15) is 0 Å². The minimum Gasteiger partial charge on any atom is -0.317 e. The van der Waals surface area contributed by atoms with E-state index in [1.54, 1.807) is 0 Å². The predicted molar refractivity (Wildman–Crippen MR) is 202 cm³/mol. The van der Waals surface area contributed by atoms with Gasteiger partial charge in [-0.15, -0.1) is 0 Å². The summed E-state index contributed by atoms with van der Waals surface area (Å²) in [6.45, 7) is 17.9. The average molecular weight is 630 g/mol. The Morgan fingerprint density at radius 1 is 0.511 bits per heavy atom. The number of benzene rings is 1. The first-order valence-electron chi connectivity index (χ1n) is 19.9. The van der Waals surface area contributed by atoms with Crippen molar-refractivity contribution in [3.8, 4) is 0 Å². The van der Waals surface area contributed by atoms with E-state index in [0.29, 0.717) is 0 Å². The second-order valence-corrected chi connectivity index (χ2v) is 13.8. The molecule has 45 heavy (non-hydrogen) atoms. The van der Waals surface area contributed by atoms with Gasteiger partial charge in [-0.3, -0.25) is 9.91 Å². The van der Waals surface area contributed by atoms with Crippen molar-refractivity contribution >= 4 is 5.69 Å². The highest BCUT2D eigenvalue weighted by molar-refractivity contribution is 5.51. The zero-order chi connectivity index (χ0) is 32.6. The van der Waals surface area contributed by atoms with Crippen LogP contribution in [0.25, 0.3) is 0 Å². The molecule has 0 bridgehead atoms. The van der Waals surface area contributed by atoms with E-state index in [-0.39, 0.29) is 0 Å². The normalized spacial score (nSPS) is 11.7. The molecule has 0 saturated carbocycles. The van der Waals surface area contributed by atoms with Gasteiger partial charge in [-0.05, 0) is 83.5 Å². The van der Waals surface area contributed by atoms with Crippen LogP contribution in [0.2, 0.25) is 0 Å². The zero-order valence-electron chi connectivity index (χ0n) is 30.9. The van der Waals surface area contributed by atoms with Gasteiger partial charge in [0.25, 0.3) is 0 Å². The topological polar surface area (TPSA) is 47.8 Å². The number of aryl methyl sites for hydroxylation is 1. The molecule has 0 atom stereocenters. The fourth-order valence-corrected chi connectivity index (χ4v) is 6.47. The van der Waals surface area contributed by atoms with Crippen LogP contribution >= 0.6 is 0 Å². The van der Waals surface area contributed by atoms with Crippen molar-refractivity contribution in [2.75, 3.05) is 57.5 Å². The molecule has 0 aromatic heterocycles. The number of nitrogens with one attached hydrogen (secondary N) is 1. The SMILES string of the molecule is CCCCCCCCCCCCCCCCCCN(CCCCCC)CCCNCCCN(CC)CN(N)c1ccccc1C. The maximum absolute atomic E-state index is 6.40. The van der Waals surface area contributed by atoms with Crippen molar-refractivity contribution in [2.24, 2.45) is 5.84 Å². The third kappa shape index (κ3) is 24.7. The van der Waals surface area contributed by atoms with E-state index >= 15 is 0 Å². The number of rotatable bonds is 34. The molecule has 0 unspecified atom stereocenters. The smallest absolute Gasteiger partial charge is 0.0861 e. The van der Waals surface area contributed by atoms with Crippen molar-refractivity contribution < 1.29 is 0 Å². The number of hydrogen-bond acceptors (Lipinski definition) is 5. The standard InChI is InChI=1S/C40H79N5/c1-5-8-10-12-13-14-15-16-17-18-19-20-21-22-23-27-35-44(34-26-11-9-6-2)37-29-33-42-32-28-36-43(7-3)38-45(41)40-31-25-24-30-39(40)4/h24-25,30-31,42H,5-23,26-29,32-38,41H2,1-4H3. The Balaban J connectivity index is 2.08. The van der Waals surface area contributed by atoms with E-state index in [9.17, 15) is 0 Å². The van der Waals surface area contributed by atoms with Crippen molar-refractivity contribution in [2.45, 2.75) is 169 Å². The molecule has 3 N–H and O–H groups in total. The lowest BCUT2D eigenvalue weighted by Crippen LogP contribution is -2.43. The van der Waals surface area contributed by atoms with Gasteiger partial charge in [0.1, 0.15) is 0 Å². The summed E-state index contributed by atoms with van der Waals surface area (Å²) in [5.74, 6) is 6.40. The summed E-state index contributed by atoms with van der Waals surface area (Å²) in [5, 5.41) is 5.61. The molecule has 0 saturated heterocycles. The Bertz CT molecular complexity index is 741. The Morgan fingerprint density at radius 2 is 0.911 bits per heavy atom. The molecule has 1 aromatic rings. The van der Waals surface area contributed by atoms with E-state index in [1.807, 2.05) is 5.01 Å². The number of anilines is 1. The van der Waals surface area contributed by atoms with Crippen LogP contribution in [-0.4, -0.2) is 62.3 Å². The molecule has 1 aromatic carbocycles. The van der Waals surface area contributed by atoms with Gasteiger partial charge in [0.05, 0.1) is 12.4 Å². The molecule has 0 aliphatic heterocycles. The lowest BCUT2D eigenvalue weighted by molar-refractivity contribution is 0.255. The lowest BCUT2D eigenvalue weighted by Gasteiger charge is -2.28. The fraction of sp³-hybridized carbons (Fsp3) is 0.850. The number of nitrogens with zero attached hydrogens (tertiary/aromatic N) is 3. The summed E-state index contributed by atoms with van der Waals surface area (Å²) in [5.41, 5.74) is 2.35. The van der Waals surface area contributed by atoms with E-state index in [1.165, 1.54) is 160 Å². The minimum absolute atomic E-state index is 0.772. The van der Waals surface area contributed by atoms with Crippen LogP contribution < -0.4 is 16.2 Å². The van der Waals surface area contributed by atoms with Gasteiger partial charge in [-0.25, -0.2) is 5.84 Å². The number of nitrogens with two attached hydrogens (primary N) is 1. The van der Waals surface area contributed by atoms with Gasteiger partial charge in [0, 0.05) is 6.54 Å². The Labute approximate surface area is 282 Å². The van der Waals surface area contributed by atoms with Crippen LogP contribution in [0, 0.1) is 6.92 Å². The molecule has 264 valence electrons. The molecule has 0 aliphatic carbocycles. The van der Waals surface area contributed by atoms with Crippen LogP contribution in [0.15, 0.2) is 24.3 Å². The highest BCUT2D eigenvalue weighted by atomic mass is 15.5. The van der Waals surface area contributed by atoms with Crippen LogP contribution in [0.4, 0.5) is 5.69 Å². The molecular formula is C40H79N5. The highest BCUT2D eigenvalue weighted by Crippen LogP contribution is 2.17. The Morgan fingerprint density at radius 3 is 1.38 bits per heavy atom. The number of para-hydroxylation sites is 1. The van der Waals surface area contributed by atoms with Crippen molar-refractivity contribution in [3.63, 3.8) is 0 Å². The maximum atomic E-state index is 6.40. The second-order valence-electron chi connectivity index (χ2n) is 13.8. The molecule has 0 spiro atoms. The summed E-state index contributed by atoms with van der Waals surface area (Å²) in [7, 11) is 0. The van der Waals surface area contributed by atoms with Crippen molar-refractivity contribution in [1.82, 2.24) is 15.1 Å². The highest BCUT2D eigenvalue weighted by Gasteiger charge is 2.10. The van der Waals surface area contributed by atoms with E-state index < -0.39 is 0 Å². The first-order valence-corrected chi connectivity index (χ1v) is 19.9. The first kappa shape index (κ1) is 41.9. The van der Waals surface area contributed by atoms with Gasteiger partial charge in [0.15, 0.2) is 0 Å². The Hall–Kier alpha value is -1.14. The zero-order valence-corrected chi connectivity index (χ0v) is 30.9. The van der Waals surface area contributed by atoms with Gasteiger partial charge >= 0.3 is 0 Å². The van der Waals surface area contributed by atoms with Crippen LogP contribution in [-0.2, 0) is 0 Å².